The number of methoxy groups -OCH3 is 1. The Morgan fingerprint density at radius 3 is 2.79 bits per heavy atom. The summed E-state index contributed by atoms with van der Waals surface area (Å²) in [4.78, 5) is 26.7. The van der Waals surface area contributed by atoms with E-state index in [1.54, 1.807) is 31.4 Å². The largest absolute Gasteiger partial charge is 0.497 e. The molecule has 9 heteroatoms. The number of hydrogen-bond donors (Lipinski definition) is 1. The second kappa shape index (κ2) is 10.3. The van der Waals surface area contributed by atoms with Gasteiger partial charge in [-0.15, -0.1) is 10.2 Å². The quantitative estimate of drug-likeness (QED) is 0.658. The second-order valence-corrected chi connectivity index (χ2v) is 7.73. The zero-order valence-corrected chi connectivity index (χ0v) is 17.5. The van der Waals surface area contributed by atoms with Gasteiger partial charge in [-0.25, -0.2) is 0 Å². The molecule has 156 valence electrons. The number of hydrogen-bond acceptors (Lipinski definition) is 7. The van der Waals surface area contributed by atoms with Crippen molar-refractivity contribution in [1.82, 2.24) is 20.4 Å². The standard InChI is InChI=1S/C20H26N4O4S/c1-3-15-6-4-5-11-24(15)18(25)13-29-20-23-22-17(28-20)12-21-19(26)14-7-9-16(27-2)10-8-14/h7-10,15H,3-6,11-13H2,1-2H3,(H,21,26). The van der Waals surface area contributed by atoms with Crippen LogP contribution in [-0.2, 0) is 11.3 Å². The van der Waals surface area contributed by atoms with Crippen molar-refractivity contribution in [3.05, 3.63) is 35.7 Å². The van der Waals surface area contributed by atoms with Gasteiger partial charge in [0.15, 0.2) is 0 Å². The summed E-state index contributed by atoms with van der Waals surface area (Å²) in [5.41, 5.74) is 0.512. The topological polar surface area (TPSA) is 97.6 Å². The average Bonchev–Trinajstić information content (AvgIpc) is 3.23. The van der Waals surface area contributed by atoms with Crippen molar-refractivity contribution in [3.8, 4) is 5.75 Å². The highest BCUT2D eigenvalue weighted by atomic mass is 32.2. The van der Waals surface area contributed by atoms with Crippen LogP contribution in [0.1, 0.15) is 48.9 Å². The zero-order valence-electron chi connectivity index (χ0n) is 16.7. The monoisotopic (exact) mass is 418 g/mol. The first kappa shape index (κ1) is 21.2. The van der Waals surface area contributed by atoms with Crippen LogP contribution in [0.5, 0.6) is 5.75 Å². The Morgan fingerprint density at radius 1 is 1.28 bits per heavy atom. The van der Waals surface area contributed by atoms with Gasteiger partial charge in [0.25, 0.3) is 11.1 Å². The number of rotatable bonds is 8. The van der Waals surface area contributed by atoms with Crippen molar-refractivity contribution in [2.24, 2.45) is 0 Å². The van der Waals surface area contributed by atoms with Gasteiger partial charge in [0.05, 0.1) is 19.4 Å². The third-order valence-corrected chi connectivity index (χ3v) is 5.74. The van der Waals surface area contributed by atoms with Gasteiger partial charge in [-0.2, -0.15) is 0 Å². The van der Waals surface area contributed by atoms with Crippen LogP contribution in [0.2, 0.25) is 0 Å². The lowest BCUT2D eigenvalue weighted by molar-refractivity contribution is -0.132. The number of aromatic nitrogens is 2. The number of likely N-dealkylation sites (tertiary alicyclic amines) is 1. The van der Waals surface area contributed by atoms with Crippen LogP contribution >= 0.6 is 11.8 Å². The zero-order chi connectivity index (χ0) is 20.6. The molecule has 2 amide bonds. The molecule has 1 aliphatic heterocycles. The Balaban J connectivity index is 1.46. The van der Waals surface area contributed by atoms with Crippen LogP contribution in [0.25, 0.3) is 0 Å². The smallest absolute Gasteiger partial charge is 0.277 e. The van der Waals surface area contributed by atoms with Crippen molar-refractivity contribution in [1.29, 1.82) is 0 Å². The van der Waals surface area contributed by atoms with Gasteiger partial charge in [0.1, 0.15) is 5.75 Å². The first-order chi connectivity index (χ1) is 14.1. The molecule has 2 aromatic rings. The number of carbonyl (C=O) groups is 2. The lowest BCUT2D eigenvalue weighted by atomic mass is 10.0. The molecule has 1 aliphatic rings. The summed E-state index contributed by atoms with van der Waals surface area (Å²) in [5, 5.41) is 11.0. The first-order valence-corrected chi connectivity index (χ1v) is 10.8. The molecule has 1 N–H and O–H groups in total. The molecule has 1 aromatic heterocycles. The molecular formula is C20H26N4O4S. The fraction of sp³-hybridized carbons (Fsp3) is 0.500. The van der Waals surface area contributed by atoms with Gasteiger partial charge in [0.2, 0.25) is 11.8 Å². The summed E-state index contributed by atoms with van der Waals surface area (Å²) in [7, 11) is 1.57. The van der Waals surface area contributed by atoms with Crippen LogP contribution in [0, 0.1) is 0 Å². The Bertz CT molecular complexity index is 824. The molecule has 0 saturated carbocycles. The molecule has 0 radical (unpaired) electrons. The summed E-state index contributed by atoms with van der Waals surface area (Å²) in [6.45, 7) is 3.06. The normalized spacial score (nSPS) is 16.5. The number of piperidine rings is 1. The minimum absolute atomic E-state index is 0.106. The van der Waals surface area contributed by atoms with Crippen molar-refractivity contribution in [2.45, 2.75) is 50.4 Å². The van der Waals surface area contributed by atoms with E-state index < -0.39 is 0 Å². The number of nitrogens with zero attached hydrogens (tertiary/aromatic N) is 3. The maximum absolute atomic E-state index is 12.5. The predicted octanol–water partition coefficient (Wildman–Crippen LogP) is 2.89. The first-order valence-electron chi connectivity index (χ1n) is 9.77. The lowest BCUT2D eigenvalue weighted by Gasteiger charge is -2.35. The SMILES string of the molecule is CCC1CCCCN1C(=O)CSc1nnc(CNC(=O)c2ccc(OC)cc2)o1. The van der Waals surface area contributed by atoms with E-state index >= 15 is 0 Å². The number of carbonyl (C=O) groups excluding carboxylic acids is 2. The van der Waals surface area contributed by atoms with E-state index in [-0.39, 0.29) is 24.1 Å². The Kier molecular flexibility index (Phi) is 7.51. The lowest BCUT2D eigenvalue weighted by Crippen LogP contribution is -2.44. The van der Waals surface area contributed by atoms with E-state index in [9.17, 15) is 9.59 Å². The van der Waals surface area contributed by atoms with Gasteiger partial charge in [0, 0.05) is 18.2 Å². The highest BCUT2D eigenvalue weighted by Crippen LogP contribution is 2.22. The van der Waals surface area contributed by atoms with Crippen molar-refractivity contribution in [2.75, 3.05) is 19.4 Å². The number of ether oxygens (including phenoxy) is 1. The van der Waals surface area contributed by atoms with E-state index in [0.29, 0.717) is 28.5 Å². The van der Waals surface area contributed by atoms with Crippen LogP contribution in [-0.4, -0.2) is 52.4 Å². The molecule has 3 rings (SSSR count). The van der Waals surface area contributed by atoms with E-state index in [2.05, 4.69) is 22.4 Å². The van der Waals surface area contributed by atoms with E-state index in [1.165, 1.54) is 18.2 Å². The minimum atomic E-state index is -0.245. The number of benzene rings is 1. The summed E-state index contributed by atoms with van der Waals surface area (Å²) in [6.07, 6.45) is 4.30. The molecule has 0 spiro atoms. The molecular weight excluding hydrogens is 392 g/mol. The maximum Gasteiger partial charge on any atom is 0.277 e. The van der Waals surface area contributed by atoms with Gasteiger partial charge in [-0.3, -0.25) is 9.59 Å². The molecule has 0 bridgehead atoms. The van der Waals surface area contributed by atoms with Crippen LogP contribution in [0.4, 0.5) is 0 Å². The van der Waals surface area contributed by atoms with Gasteiger partial charge < -0.3 is 19.4 Å². The highest BCUT2D eigenvalue weighted by molar-refractivity contribution is 7.99. The van der Waals surface area contributed by atoms with Crippen molar-refractivity contribution in [3.63, 3.8) is 0 Å². The van der Waals surface area contributed by atoms with Gasteiger partial charge in [-0.05, 0) is 49.9 Å². The number of nitrogens with one attached hydrogen (secondary N) is 1. The fourth-order valence-electron chi connectivity index (χ4n) is 3.33. The van der Waals surface area contributed by atoms with Crippen LogP contribution in [0.15, 0.2) is 33.9 Å². The molecule has 2 heterocycles. The Morgan fingerprint density at radius 2 is 2.07 bits per heavy atom. The molecule has 29 heavy (non-hydrogen) atoms. The summed E-state index contributed by atoms with van der Waals surface area (Å²) >= 11 is 1.23. The van der Waals surface area contributed by atoms with Crippen LogP contribution in [0.3, 0.4) is 0 Å². The van der Waals surface area contributed by atoms with E-state index in [0.717, 1.165) is 25.8 Å². The van der Waals surface area contributed by atoms with E-state index in [1.807, 2.05) is 4.90 Å². The Labute approximate surface area is 174 Å². The summed E-state index contributed by atoms with van der Waals surface area (Å²) < 4.78 is 10.6. The van der Waals surface area contributed by atoms with Crippen molar-refractivity contribution < 1.29 is 18.7 Å². The van der Waals surface area contributed by atoms with Gasteiger partial charge in [-0.1, -0.05) is 18.7 Å². The molecule has 1 unspecified atom stereocenters. The molecule has 1 aromatic carbocycles. The third-order valence-electron chi connectivity index (χ3n) is 4.94. The van der Waals surface area contributed by atoms with Crippen LogP contribution < -0.4 is 10.1 Å². The van der Waals surface area contributed by atoms with E-state index in [4.69, 9.17) is 9.15 Å². The summed E-state index contributed by atoms with van der Waals surface area (Å²) in [5.74, 6) is 1.12. The second-order valence-electron chi connectivity index (χ2n) is 6.81. The average molecular weight is 419 g/mol. The molecule has 0 aliphatic carbocycles. The fourth-order valence-corrected chi connectivity index (χ4v) is 3.99. The Hall–Kier alpha value is -2.55. The highest BCUT2D eigenvalue weighted by Gasteiger charge is 2.25. The number of thioether (sulfide) groups is 1. The van der Waals surface area contributed by atoms with Crippen molar-refractivity contribution >= 4 is 23.6 Å². The molecule has 8 nitrogen and oxygen atoms in total. The molecule has 1 atom stereocenters. The third kappa shape index (κ3) is 5.72. The molecule has 1 saturated heterocycles. The number of amides is 2. The predicted molar refractivity (Wildman–Crippen MR) is 109 cm³/mol. The summed E-state index contributed by atoms with van der Waals surface area (Å²) in [6, 6.07) is 7.14. The van der Waals surface area contributed by atoms with Gasteiger partial charge >= 0.3 is 0 Å². The molecule has 1 fully saturated rings. The minimum Gasteiger partial charge on any atom is -0.497 e. The maximum atomic E-state index is 12.5.